The minimum Gasteiger partial charge on any atom is -0.462 e. The predicted molar refractivity (Wildman–Crippen MR) is 72.7 cm³/mol. The average molecular weight is 286 g/mol. The molecule has 0 aliphatic rings. The molecule has 1 rings (SSSR count). The number of hydrogen-bond acceptors (Lipinski definition) is 4. The number of ether oxygens (including phenoxy) is 1. The van der Waals surface area contributed by atoms with Gasteiger partial charge in [-0.25, -0.2) is 4.79 Å². The zero-order valence-corrected chi connectivity index (χ0v) is 11.7. The maximum Gasteiger partial charge on any atom is 0.338 e. The summed E-state index contributed by atoms with van der Waals surface area (Å²) < 4.78 is 5.03. The highest BCUT2D eigenvalue weighted by atomic mass is 35.5. The Morgan fingerprint density at radius 3 is 2.58 bits per heavy atom. The number of halogens is 1. The first kappa shape index (κ1) is 15.4. The van der Waals surface area contributed by atoms with Gasteiger partial charge in [0.15, 0.2) is 0 Å². The smallest absolute Gasteiger partial charge is 0.338 e. The monoisotopic (exact) mass is 285 g/mol. The number of nitrogens with zero attached hydrogens (tertiary/aromatic N) is 1. The summed E-state index contributed by atoms with van der Waals surface area (Å²) in [5.74, 6) is -0.537. The number of nitro groups is 1. The van der Waals surface area contributed by atoms with E-state index in [4.69, 9.17) is 16.3 Å². The number of hydrogen-bond donors (Lipinski definition) is 0. The van der Waals surface area contributed by atoms with Crippen molar-refractivity contribution in [2.24, 2.45) is 0 Å². The van der Waals surface area contributed by atoms with Crippen molar-refractivity contribution < 1.29 is 14.5 Å². The molecule has 0 amide bonds. The SMILES string of the molecule is CCCOC(=O)c1cc([N+](=O)[O-])c(Cl)cc1CCC. The molecule has 0 aromatic heterocycles. The van der Waals surface area contributed by atoms with E-state index in [-0.39, 0.29) is 16.3 Å². The van der Waals surface area contributed by atoms with Crippen LogP contribution >= 0.6 is 11.6 Å². The molecule has 0 spiro atoms. The summed E-state index contributed by atoms with van der Waals surface area (Å²) in [7, 11) is 0. The molecule has 0 bridgehead atoms. The fourth-order valence-corrected chi connectivity index (χ4v) is 1.94. The lowest BCUT2D eigenvalue weighted by molar-refractivity contribution is -0.384. The second-order valence-corrected chi connectivity index (χ2v) is 4.51. The highest BCUT2D eigenvalue weighted by Crippen LogP contribution is 2.29. The van der Waals surface area contributed by atoms with Crippen LogP contribution in [-0.4, -0.2) is 17.5 Å². The van der Waals surface area contributed by atoms with Crippen LogP contribution < -0.4 is 0 Å². The second-order valence-electron chi connectivity index (χ2n) is 4.10. The summed E-state index contributed by atoms with van der Waals surface area (Å²) >= 11 is 5.85. The third kappa shape index (κ3) is 3.92. The molecule has 0 atom stereocenters. The molecule has 19 heavy (non-hydrogen) atoms. The Hall–Kier alpha value is -1.62. The summed E-state index contributed by atoms with van der Waals surface area (Å²) in [5, 5.41) is 10.9. The predicted octanol–water partition coefficient (Wildman–Crippen LogP) is 3.77. The molecule has 0 saturated carbocycles. The lowest BCUT2D eigenvalue weighted by atomic mass is 10.0. The molecule has 0 N–H and O–H groups in total. The number of benzene rings is 1. The molecule has 0 aliphatic carbocycles. The molecular formula is C13H16ClNO4. The summed E-state index contributed by atoms with van der Waals surface area (Å²) in [6.45, 7) is 4.13. The summed E-state index contributed by atoms with van der Waals surface area (Å²) in [6, 6.07) is 2.68. The van der Waals surface area contributed by atoms with Gasteiger partial charge >= 0.3 is 5.97 Å². The van der Waals surface area contributed by atoms with E-state index in [0.717, 1.165) is 6.42 Å². The van der Waals surface area contributed by atoms with Gasteiger partial charge in [-0.1, -0.05) is 31.9 Å². The molecule has 1 aromatic carbocycles. The van der Waals surface area contributed by atoms with Gasteiger partial charge in [0.25, 0.3) is 5.69 Å². The molecular weight excluding hydrogens is 270 g/mol. The van der Waals surface area contributed by atoms with Crippen LogP contribution in [-0.2, 0) is 11.2 Å². The van der Waals surface area contributed by atoms with Gasteiger partial charge in [-0.15, -0.1) is 0 Å². The molecule has 0 saturated heterocycles. The van der Waals surface area contributed by atoms with Crippen molar-refractivity contribution in [3.63, 3.8) is 0 Å². The molecule has 0 unspecified atom stereocenters. The highest BCUT2D eigenvalue weighted by molar-refractivity contribution is 6.32. The Morgan fingerprint density at radius 1 is 1.37 bits per heavy atom. The Balaban J connectivity index is 3.20. The van der Waals surface area contributed by atoms with Crippen molar-refractivity contribution in [2.45, 2.75) is 33.1 Å². The molecule has 0 radical (unpaired) electrons. The first-order chi connectivity index (χ1) is 9.01. The fourth-order valence-electron chi connectivity index (χ4n) is 1.68. The van der Waals surface area contributed by atoms with E-state index in [0.29, 0.717) is 25.0 Å². The highest BCUT2D eigenvalue weighted by Gasteiger charge is 2.21. The van der Waals surface area contributed by atoms with Gasteiger partial charge in [0.05, 0.1) is 17.1 Å². The number of aryl methyl sites for hydroxylation is 1. The van der Waals surface area contributed by atoms with E-state index >= 15 is 0 Å². The Labute approximate surface area is 116 Å². The fraction of sp³-hybridized carbons (Fsp3) is 0.462. The topological polar surface area (TPSA) is 69.4 Å². The van der Waals surface area contributed by atoms with Crippen LogP contribution in [0.3, 0.4) is 0 Å². The first-order valence-electron chi connectivity index (χ1n) is 6.15. The van der Waals surface area contributed by atoms with Crippen LogP contribution in [0.1, 0.15) is 42.6 Å². The number of carbonyl (C=O) groups excluding carboxylic acids is 1. The lowest BCUT2D eigenvalue weighted by Crippen LogP contribution is -2.10. The molecule has 0 fully saturated rings. The van der Waals surface area contributed by atoms with E-state index in [2.05, 4.69) is 0 Å². The largest absolute Gasteiger partial charge is 0.462 e. The van der Waals surface area contributed by atoms with Gasteiger partial charge in [0, 0.05) is 6.07 Å². The van der Waals surface area contributed by atoms with Gasteiger partial charge in [0.1, 0.15) is 5.02 Å². The summed E-state index contributed by atoms with van der Waals surface area (Å²) in [6.07, 6.45) is 2.13. The van der Waals surface area contributed by atoms with Gasteiger partial charge in [-0.2, -0.15) is 0 Å². The number of nitro benzene ring substituents is 1. The first-order valence-corrected chi connectivity index (χ1v) is 6.53. The minimum absolute atomic E-state index is 0.0421. The van der Waals surface area contributed by atoms with Crippen LogP contribution in [0.15, 0.2) is 12.1 Å². The van der Waals surface area contributed by atoms with Crippen molar-refractivity contribution in [3.8, 4) is 0 Å². The maximum atomic E-state index is 11.9. The number of carbonyl (C=O) groups is 1. The minimum atomic E-state index is -0.603. The quantitative estimate of drug-likeness (QED) is 0.453. The number of rotatable bonds is 6. The zero-order valence-electron chi connectivity index (χ0n) is 10.9. The van der Waals surface area contributed by atoms with Gasteiger partial charge in [-0.05, 0) is 24.5 Å². The van der Waals surface area contributed by atoms with Crippen LogP contribution in [0, 0.1) is 10.1 Å². The zero-order chi connectivity index (χ0) is 14.4. The normalized spacial score (nSPS) is 10.3. The molecule has 0 heterocycles. The third-order valence-corrected chi connectivity index (χ3v) is 2.85. The van der Waals surface area contributed by atoms with Crippen molar-refractivity contribution in [1.82, 2.24) is 0 Å². The Morgan fingerprint density at radius 2 is 2.05 bits per heavy atom. The van der Waals surface area contributed by atoms with Gasteiger partial charge in [0.2, 0.25) is 0 Å². The molecule has 104 valence electrons. The van der Waals surface area contributed by atoms with E-state index in [1.54, 1.807) is 0 Å². The van der Waals surface area contributed by atoms with Crippen molar-refractivity contribution in [1.29, 1.82) is 0 Å². The van der Waals surface area contributed by atoms with Crippen LogP contribution in [0.25, 0.3) is 0 Å². The molecule has 6 heteroatoms. The number of esters is 1. The van der Waals surface area contributed by atoms with Gasteiger partial charge < -0.3 is 4.74 Å². The van der Waals surface area contributed by atoms with Crippen molar-refractivity contribution >= 4 is 23.3 Å². The van der Waals surface area contributed by atoms with Crippen molar-refractivity contribution in [2.75, 3.05) is 6.61 Å². The van der Waals surface area contributed by atoms with E-state index < -0.39 is 10.9 Å². The summed E-state index contributed by atoms with van der Waals surface area (Å²) in [5.41, 5.74) is 0.635. The van der Waals surface area contributed by atoms with E-state index in [1.165, 1.54) is 12.1 Å². The van der Waals surface area contributed by atoms with E-state index in [1.807, 2.05) is 13.8 Å². The molecule has 0 aliphatic heterocycles. The van der Waals surface area contributed by atoms with Crippen LogP contribution in [0.5, 0.6) is 0 Å². The second kappa shape index (κ2) is 7.09. The third-order valence-electron chi connectivity index (χ3n) is 2.55. The lowest BCUT2D eigenvalue weighted by Gasteiger charge is -2.09. The van der Waals surface area contributed by atoms with E-state index in [9.17, 15) is 14.9 Å². The van der Waals surface area contributed by atoms with Crippen LogP contribution in [0.4, 0.5) is 5.69 Å². The molecule has 5 nitrogen and oxygen atoms in total. The van der Waals surface area contributed by atoms with Crippen LogP contribution in [0.2, 0.25) is 5.02 Å². The molecule has 1 aromatic rings. The average Bonchev–Trinajstić information content (AvgIpc) is 2.36. The van der Waals surface area contributed by atoms with Crippen molar-refractivity contribution in [3.05, 3.63) is 38.4 Å². The Kier molecular flexibility index (Phi) is 5.76. The Bertz CT molecular complexity index is 488. The standard InChI is InChI=1S/C13H16ClNO4/c1-3-5-9-7-11(14)12(15(17)18)8-10(9)13(16)19-6-4-2/h7-8H,3-6H2,1-2H3. The summed E-state index contributed by atoms with van der Waals surface area (Å²) in [4.78, 5) is 22.1. The maximum absolute atomic E-state index is 11.9. The van der Waals surface area contributed by atoms with Gasteiger partial charge in [-0.3, -0.25) is 10.1 Å².